The molecule has 0 aliphatic carbocycles. The quantitative estimate of drug-likeness (QED) is 0.418. The van der Waals surface area contributed by atoms with Gasteiger partial charge in [-0.2, -0.15) is 5.10 Å². The van der Waals surface area contributed by atoms with E-state index < -0.39 is 23.5 Å². The fraction of sp³-hybridized carbons (Fsp3) is 0.182. The van der Waals surface area contributed by atoms with Gasteiger partial charge in [0.05, 0.1) is 18.4 Å². The van der Waals surface area contributed by atoms with Gasteiger partial charge in [0.1, 0.15) is 11.3 Å². The molecule has 0 saturated carbocycles. The van der Waals surface area contributed by atoms with Gasteiger partial charge in [-0.05, 0) is 37.1 Å². The van der Waals surface area contributed by atoms with Crippen LogP contribution in [0.25, 0.3) is 33.4 Å². The van der Waals surface area contributed by atoms with Crippen LogP contribution in [0.3, 0.4) is 0 Å². The van der Waals surface area contributed by atoms with Crippen molar-refractivity contribution in [2.45, 2.75) is 19.9 Å². The molecule has 1 atom stereocenters. The normalized spacial score (nSPS) is 12.6. The molecule has 5 rings (SSSR count). The lowest BCUT2D eigenvalue weighted by atomic mass is 10.0. The summed E-state index contributed by atoms with van der Waals surface area (Å²) in [6.07, 6.45) is 8.89. The highest BCUT2D eigenvalue weighted by Gasteiger charge is 2.22. The third-order valence-electron chi connectivity index (χ3n) is 5.65. The van der Waals surface area contributed by atoms with Crippen LogP contribution in [0.15, 0.2) is 43.1 Å². The molecule has 0 fully saturated rings. The number of hydrogen-bond donors (Lipinski definition) is 1. The second kappa shape index (κ2) is 7.33. The fourth-order valence-electron chi connectivity index (χ4n) is 3.81. The van der Waals surface area contributed by atoms with Gasteiger partial charge in [0.2, 0.25) is 0 Å². The van der Waals surface area contributed by atoms with E-state index in [0.717, 1.165) is 28.1 Å². The van der Waals surface area contributed by atoms with Crippen LogP contribution in [0, 0.1) is 24.4 Å². The van der Waals surface area contributed by atoms with E-state index in [4.69, 9.17) is 0 Å². The van der Waals surface area contributed by atoms with Crippen LogP contribution in [0.5, 0.6) is 0 Å². The third-order valence-corrected chi connectivity index (χ3v) is 5.65. The minimum absolute atomic E-state index is 0.0332. The Morgan fingerprint density at radius 3 is 2.59 bits per heavy atom. The van der Waals surface area contributed by atoms with Crippen molar-refractivity contribution in [3.63, 3.8) is 0 Å². The van der Waals surface area contributed by atoms with Gasteiger partial charge in [0.25, 0.3) is 0 Å². The van der Waals surface area contributed by atoms with Gasteiger partial charge < -0.3 is 4.98 Å². The molecule has 1 aromatic carbocycles. The number of aromatic amines is 1. The Kier molecular flexibility index (Phi) is 4.58. The van der Waals surface area contributed by atoms with E-state index in [9.17, 15) is 13.2 Å². The number of nitrogens with one attached hydrogen (secondary N) is 1. The van der Waals surface area contributed by atoms with Crippen LogP contribution in [-0.2, 0) is 7.05 Å². The molecule has 5 aromatic rings. The Balaban J connectivity index is 1.54. The van der Waals surface area contributed by atoms with Gasteiger partial charge >= 0.3 is 0 Å². The Morgan fingerprint density at radius 1 is 1.03 bits per heavy atom. The first-order valence-electron chi connectivity index (χ1n) is 9.86. The minimum atomic E-state index is -1.48. The number of aryl methyl sites for hydroxylation is 1. The molecule has 1 N–H and O–H groups in total. The van der Waals surface area contributed by atoms with Crippen molar-refractivity contribution in [1.82, 2.24) is 34.7 Å². The maximum absolute atomic E-state index is 14.0. The number of aromatic nitrogens is 7. The summed E-state index contributed by atoms with van der Waals surface area (Å²) < 4.78 is 44.6. The Bertz CT molecular complexity index is 1460. The summed E-state index contributed by atoms with van der Waals surface area (Å²) in [5.41, 5.74) is 4.19. The number of nitrogens with zero attached hydrogens (tertiary/aromatic N) is 6. The Labute approximate surface area is 180 Å². The third kappa shape index (κ3) is 3.15. The lowest BCUT2D eigenvalue weighted by molar-refractivity contribution is 0.435. The second-order valence-electron chi connectivity index (χ2n) is 7.69. The summed E-state index contributed by atoms with van der Waals surface area (Å²) in [5, 5.41) is 13.4. The summed E-state index contributed by atoms with van der Waals surface area (Å²) in [6, 6.07) is 2.42. The molecule has 4 aromatic heterocycles. The van der Waals surface area contributed by atoms with Crippen LogP contribution in [0.4, 0.5) is 13.2 Å². The van der Waals surface area contributed by atoms with Gasteiger partial charge in [-0.1, -0.05) is 5.21 Å². The van der Waals surface area contributed by atoms with Crippen molar-refractivity contribution in [2.24, 2.45) is 7.05 Å². The summed E-state index contributed by atoms with van der Waals surface area (Å²) in [4.78, 5) is 7.60. The van der Waals surface area contributed by atoms with E-state index in [2.05, 4.69) is 25.4 Å². The van der Waals surface area contributed by atoms with Gasteiger partial charge in [-0.25, -0.2) is 22.8 Å². The SMILES string of the molecule is Cc1c(C(C)n2cc(-c3c[nH]c4ncc(-c5cnn(C)c5)cc34)nn2)cc(F)c(F)c1F. The molecule has 7 nitrogen and oxygen atoms in total. The number of halogens is 3. The zero-order chi connectivity index (χ0) is 22.6. The molecule has 32 heavy (non-hydrogen) atoms. The summed E-state index contributed by atoms with van der Waals surface area (Å²) >= 11 is 0. The average molecular weight is 437 g/mol. The fourth-order valence-corrected chi connectivity index (χ4v) is 3.81. The van der Waals surface area contributed by atoms with Crippen molar-refractivity contribution >= 4 is 11.0 Å². The molecule has 0 radical (unpaired) electrons. The van der Waals surface area contributed by atoms with Crippen molar-refractivity contribution in [3.05, 3.63) is 71.7 Å². The zero-order valence-electron chi connectivity index (χ0n) is 17.4. The first-order chi connectivity index (χ1) is 15.3. The lowest BCUT2D eigenvalue weighted by Crippen LogP contribution is -2.11. The van der Waals surface area contributed by atoms with Crippen LogP contribution in [-0.4, -0.2) is 34.7 Å². The van der Waals surface area contributed by atoms with Gasteiger partial charge in [-0.3, -0.25) is 4.68 Å². The topological polar surface area (TPSA) is 77.2 Å². The molecule has 0 aliphatic heterocycles. The number of benzene rings is 1. The number of pyridine rings is 1. The van der Waals surface area contributed by atoms with E-state index in [-0.39, 0.29) is 11.1 Å². The maximum atomic E-state index is 14.0. The molecule has 0 amide bonds. The molecular formula is C22H18F3N7. The summed E-state index contributed by atoms with van der Waals surface area (Å²) in [7, 11) is 1.84. The number of H-pyrrole nitrogens is 1. The van der Waals surface area contributed by atoms with E-state index >= 15 is 0 Å². The molecule has 162 valence electrons. The van der Waals surface area contributed by atoms with Crippen LogP contribution < -0.4 is 0 Å². The molecular weight excluding hydrogens is 419 g/mol. The Morgan fingerprint density at radius 2 is 1.84 bits per heavy atom. The van der Waals surface area contributed by atoms with E-state index in [1.807, 2.05) is 19.3 Å². The van der Waals surface area contributed by atoms with E-state index in [0.29, 0.717) is 11.3 Å². The predicted molar refractivity (Wildman–Crippen MR) is 112 cm³/mol. The molecule has 4 heterocycles. The van der Waals surface area contributed by atoms with Crippen molar-refractivity contribution in [1.29, 1.82) is 0 Å². The van der Waals surface area contributed by atoms with Crippen LogP contribution in [0.1, 0.15) is 24.1 Å². The molecule has 0 aliphatic rings. The predicted octanol–water partition coefficient (Wildman–Crippen LogP) is 4.56. The van der Waals surface area contributed by atoms with Crippen molar-refractivity contribution in [3.8, 4) is 22.4 Å². The standard InChI is InChI=1S/C22H18F3N7/c1-11-15(5-18(23)21(25)20(11)24)12(2)32-10-19(29-30-32)17-8-27-22-16(17)4-13(6-26-22)14-7-28-31(3)9-14/h4-10,12H,1-3H3,(H,26,27). The molecule has 1 unspecified atom stereocenters. The first-order valence-corrected chi connectivity index (χ1v) is 9.86. The molecule has 0 spiro atoms. The summed E-state index contributed by atoms with van der Waals surface area (Å²) in [5.74, 6) is -3.91. The molecule has 0 bridgehead atoms. The highest BCUT2D eigenvalue weighted by Crippen LogP contribution is 2.31. The first kappa shape index (κ1) is 20.0. The maximum Gasteiger partial charge on any atom is 0.194 e. The average Bonchev–Trinajstić information content (AvgIpc) is 3.53. The largest absolute Gasteiger partial charge is 0.345 e. The molecule has 10 heteroatoms. The van der Waals surface area contributed by atoms with Crippen molar-refractivity contribution < 1.29 is 13.2 Å². The highest BCUT2D eigenvalue weighted by molar-refractivity contribution is 5.94. The molecule has 0 saturated heterocycles. The zero-order valence-corrected chi connectivity index (χ0v) is 17.4. The van der Waals surface area contributed by atoms with Gasteiger partial charge in [0, 0.05) is 47.7 Å². The van der Waals surface area contributed by atoms with Gasteiger partial charge in [0.15, 0.2) is 17.5 Å². The second-order valence-corrected chi connectivity index (χ2v) is 7.69. The van der Waals surface area contributed by atoms with Crippen LogP contribution >= 0.6 is 0 Å². The summed E-state index contributed by atoms with van der Waals surface area (Å²) in [6.45, 7) is 3.13. The lowest BCUT2D eigenvalue weighted by Gasteiger charge is -2.15. The minimum Gasteiger partial charge on any atom is -0.345 e. The Hall–Kier alpha value is -3.95. The number of rotatable bonds is 4. The van der Waals surface area contributed by atoms with Crippen molar-refractivity contribution in [2.75, 3.05) is 0 Å². The smallest absolute Gasteiger partial charge is 0.194 e. The van der Waals surface area contributed by atoms with Crippen LogP contribution in [0.2, 0.25) is 0 Å². The number of hydrogen-bond acceptors (Lipinski definition) is 4. The van der Waals surface area contributed by atoms with E-state index in [1.165, 1.54) is 11.6 Å². The number of fused-ring (bicyclic) bond motifs is 1. The monoisotopic (exact) mass is 437 g/mol. The van der Waals surface area contributed by atoms with Gasteiger partial charge in [-0.15, -0.1) is 5.10 Å². The highest BCUT2D eigenvalue weighted by atomic mass is 19.2. The van der Waals surface area contributed by atoms with E-state index in [1.54, 1.807) is 36.4 Å².